The average molecular weight is 387 g/mol. The predicted octanol–water partition coefficient (Wildman–Crippen LogP) is 3.26. The summed E-state index contributed by atoms with van der Waals surface area (Å²) in [6.45, 7) is 3.63. The van der Waals surface area contributed by atoms with Crippen molar-refractivity contribution >= 4 is 17.6 Å². The van der Waals surface area contributed by atoms with Crippen molar-refractivity contribution in [3.63, 3.8) is 0 Å². The van der Waals surface area contributed by atoms with Gasteiger partial charge in [0.2, 0.25) is 5.91 Å². The second-order valence-corrected chi connectivity index (χ2v) is 8.33. The molecule has 3 rings (SSSR count). The Morgan fingerprint density at radius 1 is 1.18 bits per heavy atom. The number of benzene rings is 1. The highest BCUT2D eigenvalue weighted by Gasteiger charge is 2.31. The van der Waals surface area contributed by atoms with Gasteiger partial charge in [0.05, 0.1) is 5.92 Å². The highest BCUT2D eigenvalue weighted by molar-refractivity contribution is 5.90. The number of carbonyl (C=O) groups excluding carboxylic acids is 2. The van der Waals surface area contributed by atoms with E-state index in [1.165, 1.54) is 19.3 Å². The number of anilines is 1. The monoisotopic (exact) mass is 386 g/mol. The maximum absolute atomic E-state index is 12.9. The maximum Gasteiger partial charge on any atom is 0.321 e. The number of nitrogens with two attached hydrogens (primary N) is 1. The molecule has 0 aromatic heterocycles. The SMILES string of the molecule is Cc1cccc(NC(=O)N2CCCC(C(=O)NC(CN)C3CCCCC3)C2)c1. The van der Waals surface area contributed by atoms with Crippen LogP contribution in [0.5, 0.6) is 0 Å². The molecule has 3 amide bonds. The van der Waals surface area contributed by atoms with E-state index < -0.39 is 0 Å². The summed E-state index contributed by atoms with van der Waals surface area (Å²) in [4.78, 5) is 27.2. The van der Waals surface area contributed by atoms with Crippen LogP contribution >= 0.6 is 0 Å². The normalized spacial score (nSPS) is 21.8. The molecule has 2 atom stereocenters. The molecule has 2 aliphatic rings. The summed E-state index contributed by atoms with van der Waals surface area (Å²) in [5.74, 6) is 0.385. The van der Waals surface area contributed by atoms with Crippen molar-refractivity contribution in [1.82, 2.24) is 10.2 Å². The number of carbonyl (C=O) groups is 2. The van der Waals surface area contributed by atoms with Gasteiger partial charge in [0.25, 0.3) is 0 Å². The van der Waals surface area contributed by atoms with Crippen molar-refractivity contribution in [2.45, 2.75) is 57.9 Å². The van der Waals surface area contributed by atoms with Gasteiger partial charge in [-0.25, -0.2) is 4.79 Å². The molecule has 1 heterocycles. The summed E-state index contributed by atoms with van der Waals surface area (Å²) in [7, 11) is 0. The van der Waals surface area contributed by atoms with Crippen LogP contribution in [0.15, 0.2) is 24.3 Å². The fourth-order valence-corrected chi connectivity index (χ4v) is 4.51. The summed E-state index contributed by atoms with van der Waals surface area (Å²) in [6, 6.07) is 7.68. The van der Waals surface area contributed by atoms with E-state index in [4.69, 9.17) is 5.73 Å². The summed E-state index contributed by atoms with van der Waals surface area (Å²) in [6.07, 6.45) is 7.71. The minimum absolute atomic E-state index is 0.0501. The van der Waals surface area contributed by atoms with E-state index in [2.05, 4.69) is 10.6 Å². The Morgan fingerprint density at radius 3 is 2.68 bits per heavy atom. The quantitative estimate of drug-likeness (QED) is 0.726. The van der Waals surface area contributed by atoms with Crippen LogP contribution in [0.2, 0.25) is 0 Å². The molecule has 2 unspecified atom stereocenters. The number of hydrogen-bond acceptors (Lipinski definition) is 3. The first-order valence-corrected chi connectivity index (χ1v) is 10.7. The lowest BCUT2D eigenvalue weighted by atomic mass is 9.83. The zero-order valence-electron chi connectivity index (χ0n) is 17.0. The number of rotatable bonds is 5. The summed E-state index contributed by atoms with van der Waals surface area (Å²) >= 11 is 0. The largest absolute Gasteiger partial charge is 0.352 e. The van der Waals surface area contributed by atoms with Gasteiger partial charge in [0.1, 0.15) is 0 Å². The van der Waals surface area contributed by atoms with E-state index in [1.54, 1.807) is 4.90 Å². The van der Waals surface area contributed by atoms with E-state index in [0.29, 0.717) is 25.6 Å². The minimum atomic E-state index is -0.158. The van der Waals surface area contributed by atoms with Gasteiger partial charge < -0.3 is 21.3 Å². The van der Waals surface area contributed by atoms with Crippen LogP contribution in [-0.2, 0) is 4.79 Å². The molecule has 1 saturated heterocycles. The molecule has 1 aliphatic carbocycles. The molecule has 0 bridgehead atoms. The summed E-state index contributed by atoms with van der Waals surface area (Å²) in [5, 5.41) is 6.15. The molecular weight excluding hydrogens is 352 g/mol. The van der Waals surface area contributed by atoms with E-state index in [1.807, 2.05) is 31.2 Å². The zero-order valence-corrected chi connectivity index (χ0v) is 17.0. The first-order valence-electron chi connectivity index (χ1n) is 10.7. The maximum atomic E-state index is 12.9. The number of urea groups is 1. The first-order chi connectivity index (χ1) is 13.6. The topological polar surface area (TPSA) is 87.5 Å². The molecule has 2 fully saturated rings. The van der Waals surface area contributed by atoms with Gasteiger partial charge in [0.15, 0.2) is 0 Å². The Kier molecular flexibility index (Phi) is 7.31. The van der Waals surface area contributed by atoms with Gasteiger partial charge in [-0.15, -0.1) is 0 Å². The number of aryl methyl sites for hydroxylation is 1. The molecular formula is C22H34N4O2. The van der Waals surface area contributed by atoms with Crippen molar-refractivity contribution < 1.29 is 9.59 Å². The van der Waals surface area contributed by atoms with Crippen LogP contribution in [0, 0.1) is 18.8 Å². The number of amides is 3. The lowest BCUT2D eigenvalue weighted by Crippen LogP contribution is -2.52. The smallest absolute Gasteiger partial charge is 0.321 e. The molecule has 154 valence electrons. The Hall–Kier alpha value is -2.08. The van der Waals surface area contributed by atoms with E-state index >= 15 is 0 Å². The standard InChI is InChI=1S/C22H34N4O2/c1-16-7-5-11-19(13-16)24-22(28)26-12-6-10-18(15-26)21(27)25-20(14-23)17-8-3-2-4-9-17/h5,7,11,13,17-18,20H,2-4,6,8-10,12,14-15,23H2,1H3,(H,24,28)(H,25,27). The minimum Gasteiger partial charge on any atom is -0.352 e. The fraction of sp³-hybridized carbons (Fsp3) is 0.636. The molecule has 1 saturated carbocycles. The van der Waals surface area contributed by atoms with Crippen molar-refractivity contribution in [1.29, 1.82) is 0 Å². The Balaban J connectivity index is 1.54. The zero-order chi connectivity index (χ0) is 19.9. The van der Waals surface area contributed by atoms with Crippen molar-refractivity contribution in [3.8, 4) is 0 Å². The Labute approximate surface area is 168 Å². The Bertz CT molecular complexity index is 672. The second-order valence-electron chi connectivity index (χ2n) is 8.33. The molecule has 0 radical (unpaired) electrons. The van der Waals surface area contributed by atoms with Crippen LogP contribution in [0.25, 0.3) is 0 Å². The van der Waals surface area contributed by atoms with Gasteiger partial charge in [-0.05, 0) is 56.2 Å². The van der Waals surface area contributed by atoms with E-state index in [-0.39, 0.29) is 23.9 Å². The van der Waals surface area contributed by atoms with E-state index in [0.717, 1.165) is 36.9 Å². The highest BCUT2D eigenvalue weighted by Crippen LogP contribution is 2.27. The van der Waals surface area contributed by atoms with Crippen LogP contribution in [-0.4, -0.2) is 42.5 Å². The van der Waals surface area contributed by atoms with Crippen LogP contribution in [0.4, 0.5) is 10.5 Å². The summed E-state index contributed by atoms with van der Waals surface area (Å²) in [5.41, 5.74) is 7.86. The number of nitrogens with zero attached hydrogens (tertiary/aromatic N) is 1. The summed E-state index contributed by atoms with van der Waals surface area (Å²) < 4.78 is 0. The number of piperidine rings is 1. The lowest BCUT2D eigenvalue weighted by molar-refractivity contribution is -0.127. The third-order valence-corrected chi connectivity index (χ3v) is 6.15. The van der Waals surface area contributed by atoms with Crippen molar-refractivity contribution in [2.75, 3.05) is 25.0 Å². The number of nitrogens with one attached hydrogen (secondary N) is 2. The molecule has 0 spiro atoms. The highest BCUT2D eigenvalue weighted by atomic mass is 16.2. The average Bonchev–Trinajstić information content (AvgIpc) is 2.72. The molecule has 1 aromatic carbocycles. The lowest BCUT2D eigenvalue weighted by Gasteiger charge is -2.35. The number of likely N-dealkylation sites (tertiary alicyclic amines) is 1. The fourth-order valence-electron chi connectivity index (χ4n) is 4.51. The van der Waals surface area contributed by atoms with Crippen molar-refractivity contribution in [2.24, 2.45) is 17.6 Å². The third-order valence-electron chi connectivity index (χ3n) is 6.15. The van der Waals surface area contributed by atoms with Gasteiger partial charge in [-0.2, -0.15) is 0 Å². The predicted molar refractivity (Wildman–Crippen MR) is 112 cm³/mol. The van der Waals surface area contributed by atoms with Gasteiger partial charge >= 0.3 is 6.03 Å². The van der Waals surface area contributed by atoms with Crippen LogP contribution in [0.3, 0.4) is 0 Å². The third kappa shape index (κ3) is 5.47. The molecule has 1 aromatic rings. The molecule has 4 N–H and O–H groups in total. The molecule has 6 nitrogen and oxygen atoms in total. The molecule has 28 heavy (non-hydrogen) atoms. The van der Waals surface area contributed by atoms with E-state index in [9.17, 15) is 9.59 Å². The number of hydrogen-bond donors (Lipinski definition) is 3. The van der Waals surface area contributed by atoms with Gasteiger partial charge in [-0.1, -0.05) is 31.4 Å². The van der Waals surface area contributed by atoms with Crippen LogP contribution < -0.4 is 16.4 Å². The second kappa shape index (κ2) is 9.92. The van der Waals surface area contributed by atoms with Crippen molar-refractivity contribution in [3.05, 3.63) is 29.8 Å². The van der Waals surface area contributed by atoms with Gasteiger partial charge in [-0.3, -0.25) is 4.79 Å². The molecule has 1 aliphatic heterocycles. The van der Waals surface area contributed by atoms with Crippen LogP contribution in [0.1, 0.15) is 50.5 Å². The Morgan fingerprint density at radius 2 is 1.96 bits per heavy atom. The van der Waals surface area contributed by atoms with Gasteiger partial charge in [0, 0.05) is 31.4 Å². The molecule has 6 heteroatoms. The first kappa shape index (κ1) is 20.6.